The van der Waals surface area contributed by atoms with Crippen LogP contribution in [0.3, 0.4) is 0 Å². The lowest BCUT2D eigenvalue weighted by Gasteiger charge is -2.38. The molecule has 2 aliphatic rings. The highest BCUT2D eigenvalue weighted by atomic mass is 79.9. The first-order valence-corrected chi connectivity index (χ1v) is 12.7. The average Bonchev–Trinajstić information content (AvgIpc) is 2.93. The van der Waals surface area contributed by atoms with Crippen LogP contribution in [-0.4, -0.2) is 73.1 Å². The van der Waals surface area contributed by atoms with Crippen molar-refractivity contribution in [3.05, 3.63) is 35.9 Å². The Hall–Kier alpha value is -2.48. The molecule has 14 heteroatoms. The van der Waals surface area contributed by atoms with E-state index in [1.54, 1.807) is 46.8 Å². The van der Waals surface area contributed by atoms with Gasteiger partial charge in [-0.2, -0.15) is 3.93 Å². The number of piperidine rings is 1. The van der Waals surface area contributed by atoms with E-state index >= 15 is 0 Å². The summed E-state index contributed by atoms with van der Waals surface area (Å²) < 4.78 is 40.5. The van der Waals surface area contributed by atoms with Gasteiger partial charge in [-0.05, 0) is 40.2 Å². The lowest BCUT2D eigenvalue weighted by molar-refractivity contribution is -0.127. The highest BCUT2D eigenvalue weighted by Gasteiger charge is 2.50. The van der Waals surface area contributed by atoms with Crippen molar-refractivity contribution in [2.45, 2.75) is 70.8 Å². The molecule has 0 aromatic heterocycles. The highest BCUT2D eigenvalue weighted by molar-refractivity contribution is 9.08. The summed E-state index contributed by atoms with van der Waals surface area (Å²) in [6.45, 7) is 7.78. The van der Waals surface area contributed by atoms with Crippen LogP contribution in [0.4, 0.5) is 23.2 Å². The monoisotopic (exact) mass is 654 g/mol. The molecular weight excluding hydrogens is 626 g/mol. The molecule has 1 atom stereocenters. The van der Waals surface area contributed by atoms with Crippen molar-refractivity contribution in [2.24, 2.45) is 0 Å². The fourth-order valence-electron chi connectivity index (χ4n) is 3.21. The number of halogens is 4. The third-order valence-corrected chi connectivity index (χ3v) is 7.13. The molecule has 0 radical (unpaired) electrons. The number of urea groups is 1. The molecule has 0 saturated carbocycles. The number of hydrogen-bond acceptors (Lipinski definition) is 6. The maximum atomic E-state index is 14.1. The molecule has 2 aliphatic heterocycles. The number of imide groups is 1. The van der Waals surface area contributed by atoms with E-state index in [4.69, 9.17) is 9.47 Å². The van der Waals surface area contributed by atoms with E-state index in [1.807, 2.05) is 18.2 Å². The fraction of sp³-hybridized carbons (Fsp3) is 0.565. The van der Waals surface area contributed by atoms with Crippen LogP contribution in [0.25, 0.3) is 0 Å². The molecular formula is C23H30Br2F2N4O6. The quantitative estimate of drug-likeness (QED) is 0.354. The first-order valence-electron chi connectivity index (χ1n) is 11.3. The van der Waals surface area contributed by atoms with Gasteiger partial charge < -0.3 is 19.7 Å². The standard InChI is InChI=1S/C18H24F2N2O4.C5H6Br2N2O2/c1-17(2,3)26-15(23)21-14-11-22(10-9-18(14,19)20)16(24)25-12-13-7-5-4-6-8-13;1-5(2)3(10)8(6)4(11)9(5)7/h4-8,14H,9-12H2,1-3H3,(H,21,23);1-2H3. The zero-order valence-corrected chi connectivity index (χ0v) is 24.3. The van der Waals surface area contributed by atoms with Gasteiger partial charge in [0.25, 0.3) is 11.8 Å². The summed E-state index contributed by atoms with van der Waals surface area (Å²) in [5.74, 6) is -3.41. The predicted octanol–water partition coefficient (Wildman–Crippen LogP) is 5.21. The Morgan fingerprint density at radius 3 is 2.19 bits per heavy atom. The number of nitrogens with zero attached hydrogens (tertiary/aromatic N) is 3. The molecule has 2 heterocycles. The van der Waals surface area contributed by atoms with Crippen LogP contribution in [-0.2, 0) is 20.9 Å². The molecule has 0 spiro atoms. The van der Waals surface area contributed by atoms with Crippen LogP contribution >= 0.6 is 32.3 Å². The summed E-state index contributed by atoms with van der Waals surface area (Å²) in [7, 11) is 0. The molecule has 1 unspecified atom stereocenters. The van der Waals surface area contributed by atoms with Crippen molar-refractivity contribution in [3.63, 3.8) is 0 Å². The molecule has 1 N–H and O–H groups in total. The number of benzene rings is 1. The molecule has 10 nitrogen and oxygen atoms in total. The Labute approximate surface area is 231 Å². The van der Waals surface area contributed by atoms with Gasteiger partial charge in [0.2, 0.25) is 0 Å². The number of carbonyl (C=O) groups is 4. The van der Waals surface area contributed by atoms with E-state index in [0.29, 0.717) is 0 Å². The van der Waals surface area contributed by atoms with Crippen LogP contribution in [0.15, 0.2) is 30.3 Å². The second-order valence-corrected chi connectivity index (χ2v) is 11.3. The van der Waals surface area contributed by atoms with E-state index in [1.165, 1.54) is 8.83 Å². The predicted molar refractivity (Wildman–Crippen MR) is 137 cm³/mol. The number of nitrogens with one attached hydrogen (secondary N) is 1. The number of alkyl carbamates (subject to hydrolysis) is 1. The van der Waals surface area contributed by atoms with E-state index in [0.717, 1.165) is 9.49 Å². The van der Waals surface area contributed by atoms with Gasteiger partial charge in [0.1, 0.15) is 23.8 Å². The molecule has 1 aromatic rings. The van der Waals surface area contributed by atoms with Gasteiger partial charge in [0, 0.05) is 13.0 Å². The minimum atomic E-state index is -3.13. The first kappa shape index (κ1) is 30.7. The van der Waals surface area contributed by atoms with Gasteiger partial charge in [-0.25, -0.2) is 27.1 Å². The van der Waals surface area contributed by atoms with E-state index in [9.17, 15) is 28.0 Å². The third-order valence-electron chi connectivity index (χ3n) is 5.31. The minimum Gasteiger partial charge on any atom is -0.445 e. The number of ether oxygens (including phenoxy) is 2. The van der Waals surface area contributed by atoms with Gasteiger partial charge in [-0.3, -0.25) is 4.79 Å². The number of likely N-dealkylation sites (tertiary alicyclic amines) is 1. The van der Waals surface area contributed by atoms with Gasteiger partial charge >= 0.3 is 18.2 Å². The normalized spacial score (nSPS) is 20.7. The zero-order valence-electron chi connectivity index (χ0n) is 21.1. The molecule has 3 rings (SSSR count). The maximum Gasteiger partial charge on any atom is 0.410 e. The minimum absolute atomic E-state index is 0.0523. The molecule has 0 aliphatic carbocycles. The van der Waals surface area contributed by atoms with Gasteiger partial charge in [0.15, 0.2) is 0 Å². The number of carbonyl (C=O) groups excluding carboxylic acids is 4. The van der Waals surface area contributed by atoms with Crippen molar-refractivity contribution in [2.75, 3.05) is 13.1 Å². The second-order valence-electron chi connectivity index (χ2n) is 9.90. The summed E-state index contributed by atoms with van der Waals surface area (Å²) in [6, 6.07) is 7.12. The Morgan fingerprint density at radius 2 is 1.73 bits per heavy atom. The largest absolute Gasteiger partial charge is 0.445 e. The summed E-state index contributed by atoms with van der Waals surface area (Å²) in [5.41, 5.74) is -0.810. The lowest BCUT2D eigenvalue weighted by Crippen LogP contribution is -2.60. The van der Waals surface area contributed by atoms with Crippen molar-refractivity contribution in [1.82, 2.24) is 18.1 Å². The molecule has 2 fully saturated rings. The Morgan fingerprint density at radius 1 is 1.14 bits per heavy atom. The Bertz CT molecular complexity index is 1010. The molecule has 37 heavy (non-hydrogen) atoms. The number of rotatable bonds is 3. The van der Waals surface area contributed by atoms with Gasteiger partial charge in [-0.15, -0.1) is 0 Å². The number of amides is 5. The fourth-order valence-corrected chi connectivity index (χ4v) is 4.32. The van der Waals surface area contributed by atoms with Crippen LogP contribution in [0, 0.1) is 0 Å². The molecule has 0 bridgehead atoms. The summed E-state index contributed by atoms with van der Waals surface area (Å²) in [5, 5.41) is 2.16. The smallest absolute Gasteiger partial charge is 0.410 e. The van der Waals surface area contributed by atoms with Gasteiger partial charge in [0.05, 0.1) is 38.8 Å². The summed E-state index contributed by atoms with van der Waals surface area (Å²) in [6.07, 6.45) is -2.20. The molecule has 5 amide bonds. The summed E-state index contributed by atoms with van der Waals surface area (Å²) >= 11 is 5.84. The molecule has 2 saturated heterocycles. The van der Waals surface area contributed by atoms with E-state index < -0.39 is 47.7 Å². The van der Waals surface area contributed by atoms with E-state index in [2.05, 4.69) is 37.6 Å². The molecule has 1 aromatic carbocycles. The van der Waals surface area contributed by atoms with E-state index in [-0.39, 0.29) is 25.6 Å². The third kappa shape index (κ3) is 8.25. The zero-order chi connectivity index (χ0) is 28.2. The van der Waals surface area contributed by atoms with Crippen molar-refractivity contribution < 1.29 is 37.4 Å². The number of hydrogen-bond donors (Lipinski definition) is 1. The van der Waals surface area contributed by atoms with Gasteiger partial charge in [-0.1, -0.05) is 30.3 Å². The van der Waals surface area contributed by atoms with Crippen LogP contribution in [0.5, 0.6) is 0 Å². The van der Waals surface area contributed by atoms with Crippen LogP contribution < -0.4 is 5.32 Å². The topological polar surface area (TPSA) is 108 Å². The highest BCUT2D eigenvalue weighted by Crippen LogP contribution is 2.32. The Kier molecular flexibility index (Phi) is 9.91. The van der Waals surface area contributed by atoms with Crippen molar-refractivity contribution in [3.8, 4) is 0 Å². The summed E-state index contributed by atoms with van der Waals surface area (Å²) in [4.78, 5) is 47.4. The Balaban J connectivity index is 0.000000364. The van der Waals surface area contributed by atoms with Crippen LogP contribution in [0.2, 0.25) is 0 Å². The van der Waals surface area contributed by atoms with Crippen LogP contribution in [0.1, 0.15) is 46.6 Å². The SMILES string of the molecule is CC(C)(C)OC(=O)NC1CN(C(=O)OCc2ccccc2)CCC1(F)F.CC1(C)C(=O)N(Br)C(=O)N1Br. The number of alkyl halides is 2. The molecule has 206 valence electrons. The second kappa shape index (κ2) is 11.9. The maximum absolute atomic E-state index is 14.1. The first-order chi connectivity index (χ1) is 17.0. The average molecular weight is 656 g/mol. The van der Waals surface area contributed by atoms with Crippen molar-refractivity contribution in [1.29, 1.82) is 0 Å². The van der Waals surface area contributed by atoms with Crippen molar-refractivity contribution >= 4 is 56.4 Å². The lowest BCUT2D eigenvalue weighted by atomic mass is 10.0.